The van der Waals surface area contributed by atoms with Gasteiger partial charge in [0.05, 0.1) is 22.7 Å². The van der Waals surface area contributed by atoms with Crippen LogP contribution < -0.4 is 4.74 Å². The molecule has 3 aromatic carbocycles. The molecule has 0 bridgehead atoms. The molecule has 0 atom stereocenters. The molecule has 0 aromatic heterocycles. The number of rotatable bonds is 8. The van der Waals surface area contributed by atoms with E-state index in [0.717, 1.165) is 29.7 Å². The van der Waals surface area contributed by atoms with Gasteiger partial charge in [-0.05, 0) is 129 Å². The highest BCUT2D eigenvalue weighted by Crippen LogP contribution is 2.37. The van der Waals surface area contributed by atoms with Crippen LogP contribution in [-0.2, 0) is 11.4 Å². The number of amidine groups is 1. The molecule has 1 aliphatic rings. The maximum Gasteiger partial charge on any atom is 0.269 e. The second kappa shape index (κ2) is 12.8. The molecule has 3 aromatic rings. The molecule has 38 heavy (non-hydrogen) atoms. The average molecular weight is 774 g/mol. The van der Waals surface area contributed by atoms with Crippen molar-refractivity contribution in [1.29, 1.82) is 0 Å². The van der Waals surface area contributed by atoms with Gasteiger partial charge in [0.25, 0.3) is 11.6 Å². The molecule has 1 saturated heterocycles. The lowest BCUT2D eigenvalue weighted by Crippen LogP contribution is -2.32. The van der Waals surface area contributed by atoms with Gasteiger partial charge in [-0.15, -0.1) is 0 Å². The Labute approximate surface area is 257 Å². The van der Waals surface area contributed by atoms with Gasteiger partial charge in [0, 0.05) is 23.7 Å². The number of ether oxygens (including phenoxy) is 1. The molecule has 1 fully saturated rings. The molecule has 1 aliphatic heterocycles. The lowest BCUT2D eigenvalue weighted by atomic mass is 10.2. The van der Waals surface area contributed by atoms with Gasteiger partial charge in [-0.1, -0.05) is 25.4 Å². The molecule has 0 spiro atoms. The van der Waals surface area contributed by atoms with Crippen molar-refractivity contribution in [2.24, 2.45) is 10.9 Å². The summed E-state index contributed by atoms with van der Waals surface area (Å²) in [6, 6.07) is 17.5. The van der Waals surface area contributed by atoms with Gasteiger partial charge in [-0.2, -0.15) is 0 Å². The van der Waals surface area contributed by atoms with E-state index >= 15 is 0 Å². The molecule has 0 N–H and O–H groups in total. The Morgan fingerprint density at radius 3 is 2.32 bits per heavy atom. The van der Waals surface area contributed by atoms with E-state index in [0.29, 0.717) is 21.6 Å². The monoisotopic (exact) mass is 773 g/mol. The number of benzene rings is 3. The fourth-order valence-electron chi connectivity index (χ4n) is 3.57. The summed E-state index contributed by atoms with van der Waals surface area (Å²) in [5.74, 6) is 0.937. The van der Waals surface area contributed by atoms with Gasteiger partial charge in [-0.25, -0.2) is 4.99 Å². The normalized spacial score (nSPS) is 15.6. The fraction of sp³-hybridized carbons (Fsp3) is 0.185. The van der Waals surface area contributed by atoms with E-state index in [-0.39, 0.29) is 24.1 Å². The van der Waals surface area contributed by atoms with Crippen LogP contribution in [0.15, 0.2) is 70.6 Å². The number of hydrogen-bond acceptors (Lipinski definition) is 6. The number of amides is 1. The largest absolute Gasteiger partial charge is 0.487 e. The number of nitro groups is 1. The summed E-state index contributed by atoms with van der Waals surface area (Å²) in [4.78, 5) is 30.8. The Balaban J connectivity index is 1.55. The third-order valence-electron chi connectivity index (χ3n) is 5.34. The van der Waals surface area contributed by atoms with Crippen LogP contribution in [0.3, 0.4) is 0 Å². The molecule has 196 valence electrons. The van der Waals surface area contributed by atoms with Crippen molar-refractivity contribution in [3.63, 3.8) is 0 Å². The van der Waals surface area contributed by atoms with Gasteiger partial charge in [0.1, 0.15) is 12.4 Å². The summed E-state index contributed by atoms with van der Waals surface area (Å²) >= 11 is 11.8. The number of nitrogens with zero attached hydrogens (tertiary/aromatic N) is 3. The first-order valence-corrected chi connectivity index (χ1v) is 14.9. The summed E-state index contributed by atoms with van der Waals surface area (Å²) in [7, 11) is 0. The van der Waals surface area contributed by atoms with Crippen LogP contribution in [0.5, 0.6) is 5.75 Å². The molecule has 0 saturated carbocycles. The summed E-state index contributed by atoms with van der Waals surface area (Å²) < 4.78 is 7.83. The van der Waals surface area contributed by atoms with E-state index in [9.17, 15) is 14.9 Å². The zero-order valence-corrected chi connectivity index (χ0v) is 26.2. The number of nitro benzene ring substituents is 1. The molecule has 0 aliphatic carbocycles. The predicted molar refractivity (Wildman–Crippen MR) is 170 cm³/mol. The highest BCUT2D eigenvalue weighted by atomic mass is 127. The van der Waals surface area contributed by atoms with Crippen molar-refractivity contribution in [3.05, 3.63) is 99.0 Å². The molecule has 0 radical (unpaired) electrons. The Morgan fingerprint density at radius 2 is 1.74 bits per heavy atom. The summed E-state index contributed by atoms with van der Waals surface area (Å²) in [5, 5.41) is 12.1. The number of non-ortho nitro benzene ring substituents is 1. The van der Waals surface area contributed by atoms with Crippen LogP contribution in [-0.4, -0.2) is 27.4 Å². The first-order valence-electron chi connectivity index (χ1n) is 11.5. The highest BCUT2D eigenvalue weighted by Gasteiger charge is 2.33. The first-order chi connectivity index (χ1) is 18.1. The standard InChI is InChI=1S/C27H22ClI2N3O4S/c1-16(2)14-32-26(34)24(38-27(32)31-20-7-5-19(28)6-8-20)13-18-11-22(29)25(23(30)12-18)37-15-17-3-9-21(10-4-17)33(35)36/h3-13,16H,14-15H2,1-2H3/b24-13-,31-27?. The van der Waals surface area contributed by atoms with Crippen molar-refractivity contribution in [2.75, 3.05) is 6.54 Å². The maximum atomic E-state index is 13.3. The SMILES string of the molecule is CC(C)CN1C(=O)/C(=C/c2cc(I)c(OCc3ccc([N+](=O)[O-])cc3)c(I)c2)SC1=Nc1ccc(Cl)cc1. The molecule has 11 heteroatoms. The number of carbonyl (C=O) groups excluding carboxylic acids is 1. The van der Waals surface area contributed by atoms with E-state index in [2.05, 4.69) is 59.0 Å². The summed E-state index contributed by atoms with van der Waals surface area (Å²) in [6.07, 6.45) is 1.88. The Bertz CT molecular complexity index is 1400. The number of aliphatic imine (C=N–C) groups is 1. The lowest BCUT2D eigenvalue weighted by molar-refractivity contribution is -0.384. The Kier molecular flexibility index (Phi) is 9.71. The second-order valence-electron chi connectivity index (χ2n) is 8.82. The fourth-order valence-corrected chi connectivity index (χ4v) is 6.83. The van der Waals surface area contributed by atoms with Crippen LogP contribution in [0.25, 0.3) is 6.08 Å². The minimum Gasteiger partial charge on any atom is -0.487 e. The van der Waals surface area contributed by atoms with Gasteiger partial charge < -0.3 is 4.74 Å². The van der Waals surface area contributed by atoms with Gasteiger partial charge >= 0.3 is 0 Å². The second-order valence-corrected chi connectivity index (χ2v) is 12.6. The minimum atomic E-state index is -0.425. The molecule has 4 rings (SSSR count). The Morgan fingerprint density at radius 1 is 1.11 bits per heavy atom. The van der Waals surface area contributed by atoms with Gasteiger partial charge in [0.2, 0.25) is 0 Å². The quantitative estimate of drug-likeness (QED) is 0.0996. The molecular formula is C27H22ClI2N3O4S. The van der Waals surface area contributed by atoms with Gasteiger partial charge in [-0.3, -0.25) is 19.8 Å². The van der Waals surface area contributed by atoms with Crippen molar-refractivity contribution < 1.29 is 14.5 Å². The highest BCUT2D eigenvalue weighted by molar-refractivity contribution is 14.1. The molecule has 7 nitrogen and oxygen atoms in total. The minimum absolute atomic E-state index is 0.0444. The van der Waals surface area contributed by atoms with E-state index in [1.54, 1.807) is 29.2 Å². The van der Waals surface area contributed by atoms with Crippen molar-refractivity contribution >= 4 is 97.1 Å². The zero-order chi connectivity index (χ0) is 27.4. The van der Waals surface area contributed by atoms with Crippen LogP contribution in [0, 0.1) is 23.2 Å². The van der Waals surface area contributed by atoms with Crippen LogP contribution in [0.2, 0.25) is 5.02 Å². The smallest absolute Gasteiger partial charge is 0.269 e. The molecule has 1 heterocycles. The van der Waals surface area contributed by atoms with E-state index in [1.807, 2.05) is 30.3 Å². The zero-order valence-electron chi connectivity index (χ0n) is 20.4. The topological polar surface area (TPSA) is 85.0 Å². The molecular weight excluding hydrogens is 752 g/mol. The maximum absolute atomic E-state index is 13.3. The summed E-state index contributed by atoms with van der Waals surface area (Å²) in [5.41, 5.74) is 2.50. The van der Waals surface area contributed by atoms with Gasteiger partial charge in [0.15, 0.2) is 5.17 Å². The lowest BCUT2D eigenvalue weighted by Gasteiger charge is -2.17. The number of carbonyl (C=O) groups is 1. The van der Waals surface area contributed by atoms with Crippen molar-refractivity contribution in [2.45, 2.75) is 20.5 Å². The summed E-state index contributed by atoms with van der Waals surface area (Å²) in [6.45, 7) is 4.99. The first kappa shape index (κ1) is 28.8. The van der Waals surface area contributed by atoms with E-state index < -0.39 is 4.92 Å². The molecule has 0 unspecified atom stereocenters. The van der Waals surface area contributed by atoms with Crippen molar-refractivity contribution in [1.82, 2.24) is 4.90 Å². The third-order valence-corrected chi connectivity index (χ3v) is 8.20. The van der Waals surface area contributed by atoms with Crippen LogP contribution in [0.1, 0.15) is 25.0 Å². The third kappa shape index (κ3) is 7.27. The van der Waals surface area contributed by atoms with E-state index in [1.165, 1.54) is 23.9 Å². The van der Waals surface area contributed by atoms with E-state index in [4.69, 9.17) is 21.3 Å². The number of hydrogen-bond donors (Lipinski definition) is 0. The number of thioether (sulfide) groups is 1. The average Bonchev–Trinajstić information content (AvgIpc) is 3.13. The predicted octanol–water partition coefficient (Wildman–Crippen LogP) is 8.30. The van der Waals surface area contributed by atoms with Crippen LogP contribution in [0.4, 0.5) is 11.4 Å². The number of halogens is 3. The Hall–Kier alpha value is -2.16. The van der Waals surface area contributed by atoms with Crippen LogP contribution >= 0.6 is 68.5 Å². The molecule has 1 amide bonds. The van der Waals surface area contributed by atoms with Crippen molar-refractivity contribution in [3.8, 4) is 5.75 Å².